The number of nitrogens with one attached hydrogen (secondary N) is 1. The van der Waals surface area contributed by atoms with Crippen molar-refractivity contribution in [3.63, 3.8) is 0 Å². The first-order valence-electron chi connectivity index (χ1n) is 13.5. The molecule has 4 nitrogen and oxygen atoms in total. The molecule has 2 N–H and O–H groups in total. The molecule has 0 bridgehead atoms. The van der Waals surface area contributed by atoms with Crippen molar-refractivity contribution >= 4 is 34.5 Å². The van der Waals surface area contributed by atoms with E-state index in [1.165, 1.54) is 11.3 Å². The summed E-state index contributed by atoms with van der Waals surface area (Å²) in [6.45, 7) is 4.31. The largest absolute Gasteiger partial charge is 0.507 e. The van der Waals surface area contributed by atoms with E-state index in [-0.39, 0.29) is 17.7 Å². The van der Waals surface area contributed by atoms with Crippen LogP contribution in [-0.4, -0.2) is 30.0 Å². The number of hydrogen-bond acceptors (Lipinski definition) is 3. The number of anilines is 2. The van der Waals surface area contributed by atoms with Gasteiger partial charge in [-0.05, 0) is 84.6 Å². The van der Waals surface area contributed by atoms with Crippen molar-refractivity contribution in [2.45, 2.75) is 50.9 Å². The Hall–Kier alpha value is -3.24. The Bertz CT molecular complexity index is 1490. The highest BCUT2D eigenvalue weighted by atomic mass is 35.5. The molecule has 3 heterocycles. The average Bonchev–Trinajstić information content (AvgIpc) is 3.38. The number of allylic oxidation sites excluding steroid dienone is 1. The fourth-order valence-electron chi connectivity index (χ4n) is 7.35. The van der Waals surface area contributed by atoms with Gasteiger partial charge in [-0.3, -0.25) is 4.79 Å². The van der Waals surface area contributed by atoms with E-state index in [1.807, 2.05) is 6.07 Å². The van der Waals surface area contributed by atoms with Crippen molar-refractivity contribution < 1.29 is 9.90 Å². The lowest BCUT2D eigenvalue weighted by Crippen LogP contribution is -2.34. The molecule has 0 saturated heterocycles. The van der Waals surface area contributed by atoms with Gasteiger partial charge in [-0.1, -0.05) is 42.0 Å². The van der Waals surface area contributed by atoms with Crippen molar-refractivity contribution in [3.05, 3.63) is 93.0 Å². The van der Waals surface area contributed by atoms with Crippen LogP contribution in [0.3, 0.4) is 0 Å². The van der Waals surface area contributed by atoms with E-state index in [4.69, 9.17) is 11.6 Å². The summed E-state index contributed by atoms with van der Waals surface area (Å²) >= 11 is 6.04. The molecule has 4 aliphatic rings. The highest BCUT2D eigenvalue weighted by Gasteiger charge is 2.44. The van der Waals surface area contributed by atoms with Gasteiger partial charge in [-0.2, -0.15) is 0 Å². The zero-order chi connectivity index (χ0) is 25.3. The number of alkyl halides is 1. The van der Waals surface area contributed by atoms with Gasteiger partial charge in [0.05, 0.1) is 5.92 Å². The van der Waals surface area contributed by atoms with Gasteiger partial charge < -0.3 is 15.3 Å². The molecule has 0 aromatic heterocycles. The monoisotopic (exact) mass is 510 g/mol. The molecule has 3 aromatic carbocycles. The molecular formula is C32H31ClN2O2. The second-order valence-corrected chi connectivity index (χ2v) is 11.3. The van der Waals surface area contributed by atoms with Crippen molar-refractivity contribution in [2.24, 2.45) is 0 Å². The van der Waals surface area contributed by atoms with Gasteiger partial charge in [0.15, 0.2) is 0 Å². The summed E-state index contributed by atoms with van der Waals surface area (Å²) in [4.78, 5) is 15.9. The Morgan fingerprint density at radius 1 is 1.00 bits per heavy atom. The highest BCUT2D eigenvalue weighted by Crippen LogP contribution is 2.56. The number of carbonyl (C=O) groups is 1. The standard InChI is InChI=1S/C32H31ClN2O2/c1-18-27(25-17-20-6-4-14-35-15-5-9-23(30(20)35)31(25)36)21-7-2-3-8-22(21)28(18)29-24-16-19(12-13-33)10-11-26(24)34-32(29)37/h2-3,7-8,10-11,16-17,28-29,36H,4-6,9,12-15H2,1H3,(H,34,37). The van der Waals surface area contributed by atoms with Gasteiger partial charge in [0.2, 0.25) is 5.91 Å². The lowest BCUT2D eigenvalue weighted by atomic mass is 9.79. The number of halogens is 1. The Kier molecular flexibility index (Phi) is 5.37. The lowest BCUT2D eigenvalue weighted by molar-refractivity contribution is -0.117. The molecule has 7 rings (SSSR count). The normalized spacial score (nSPS) is 21.6. The maximum absolute atomic E-state index is 13.5. The number of hydrogen-bond donors (Lipinski definition) is 2. The Morgan fingerprint density at radius 3 is 2.65 bits per heavy atom. The fourth-order valence-corrected chi connectivity index (χ4v) is 7.57. The first-order valence-corrected chi connectivity index (χ1v) is 14.0. The summed E-state index contributed by atoms with van der Waals surface area (Å²) in [5.74, 6) is 0.631. The van der Waals surface area contributed by atoms with Crippen LogP contribution in [-0.2, 0) is 24.1 Å². The predicted molar refractivity (Wildman–Crippen MR) is 150 cm³/mol. The number of rotatable bonds is 4. The minimum atomic E-state index is -0.308. The third kappa shape index (κ3) is 3.38. The van der Waals surface area contributed by atoms with Gasteiger partial charge in [0.25, 0.3) is 0 Å². The number of carbonyl (C=O) groups excluding carboxylic acids is 1. The van der Waals surface area contributed by atoms with E-state index in [1.54, 1.807) is 0 Å². The van der Waals surface area contributed by atoms with Crippen LogP contribution in [0.1, 0.15) is 70.5 Å². The van der Waals surface area contributed by atoms with E-state index in [9.17, 15) is 9.90 Å². The molecule has 3 aliphatic heterocycles. The van der Waals surface area contributed by atoms with Gasteiger partial charge in [0.1, 0.15) is 5.75 Å². The van der Waals surface area contributed by atoms with Crippen LogP contribution < -0.4 is 10.2 Å². The number of aryl methyl sites for hydroxylation is 2. The number of phenols is 1. The smallest absolute Gasteiger partial charge is 0.232 e. The Morgan fingerprint density at radius 2 is 1.81 bits per heavy atom. The van der Waals surface area contributed by atoms with Gasteiger partial charge >= 0.3 is 0 Å². The van der Waals surface area contributed by atoms with Crippen molar-refractivity contribution in [2.75, 3.05) is 29.2 Å². The topological polar surface area (TPSA) is 52.6 Å². The van der Waals surface area contributed by atoms with Crippen LogP contribution in [0, 0.1) is 0 Å². The van der Waals surface area contributed by atoms with Crippen LogP contribution in [0.4, 0.5) is 11.4 Å². The number of nitrogens with zero attached hydrogens (tertiary/aromatic N) is 1. The number of aromatic hydroxyl groups is 1. The van der Waals surface area contributed by atoms with Crippen molar-refractivity contribution in [3.8, 4) is 5.75 Å². The van der Waals surface area contributed by atoms with Crippen molar-refractivity contribution in [1.29, 1.82) is 0 Å². The molecule has 2 unspecified atom stereocenters. The third-order valence-corrected chi connectivity index (χ3v) is 9.09. The second-order valence-electron chi connectivity index (χ2n) is 10.9. The summed E-state index contributed by atoms with van der Waals surface area (Å²) in [5, 5.41) is 14.8. The van der Waals surface area contributed by atoms with Crippen LogP contribution in [0.5, 0.6) is 5.75 Å². The van der Waals surface area contributed by atoms with Crippen LogP contribution in [0.25, 0.3) is 5.57 Å². The second kappa shape index (κ2) is 8.66. The lowest BCUT2D eigenvalue weighted by Gasteiger charge is -2.37. The summed E-state index contributed by atoms with van der Waals surface area (Å²) in [7, 11) is 0. The molecule has 0 spiro atoms. The summed E-state index contributed by atoms with van der Waals surface area (Å²) in [6.07, 6.45) is 4.96. The first kappa shape index (κ1) is 22.9. The maximum atomic E-state index is 13.5. The van der Waals surface area contributed by atoms with Gasteiger partial charge in [-0.25, -0.2) is 0 Å². The molecule has 2 atom stereocenters. The van der Waals surface area contributed by atoms with E-state index in [2.05, 4.69) is 59.6 Å². The SMILES string of the molecule is CC1=C(c2cc3c4c(c2O)CCCN4CCC3)c2ccccc2C1C1C(=O)Nc2ccc(CCCl)cc21. The minimum Gasteiger partial charge on any atom is -0.507 e. The number of amides is 1. The zero-order valence-electron chi connectivity index (χ0n) is 21.1. The minimum absolute atomic E-state index is 0.0406. The molecule has 1 aliphatic carbocycles. The molecule has 0 fully saturated rings. The quantitative estimate of drug-likeness (QED) is 0.392. The molecule has 188 valence electrons. The molecule has 0 radical (unpaired) electrons. The Labute approximate surface area is 223 Å². The van der Waals surface area contributed by atoms with E-state index < -0.39 is 0 Å². The summed E-state index contributed by atoms with van der Waals surface area (Å²) in [5.41, 5.74) is 12.3. The van der Waals surface area contributed by atoms with Gasteiger partial charge in [-0.15, -0.1) is 11.6 Å². The zero-order valence-corrected chi connectivity index (χ0v) is 21.9. The molecule has 5 heteroatoms. The summed E-state index contributed by atoms with van der Waals surface area (Å²) in [6, 6.07) is 16.9. The molecule has 1 amide bonds. The number of phenolic OH excluding ortho intramolecular Hbond substituents is 1. The van der Waals surface area contributed by atoms with Gasteiger partial charge in [0, 0.05) is 47.4 Å². The first-order chi connectivity index (χ1) is 18.1. The Balaban J connectivity index is 1.42. The van der Waals surface area contributed by atoms with E-state index >= 15 is 0 Å². The molecule has 0 saturated carbocycles. The van der Waals surface area contributed by atoms with E-state index in [0.29, 0.717) is 11.6 Å². The van der Waals surface area contributed by atoms with Crippen molar-refractivity contribution in [1.82, 2.24) is 0 Å². The maximum Gasteiger partial charge on any atom is 0.232 e. The molecule has 37 heavy (non-hydrogen) atoms. The summed E-state index contributed by atoms with van der Waals surface area (Å²) < 4.78 is 0. The molecule has 3 aromatic rings. The van der Waals surface area contributed by atoms with Crippen LogP contribution in [0.2, 0.25) is 0 Å². The fraction of sp³-hybridized carbons (Fsp3) is 0.344. The predicted octanol–water partition coefficient (Wildman–Crippen LogP) is 6.53. The average molecular weight is 511 g/mol. The van der Waals surface area contributed by atoms with Crippen LogP contribution in [0.15, 0.2) is 54.1 Å². The highest BCUT2D eigenvalue weighted by molar-refractivity contribution is 6.18. The number of benzene rings is 3. The number of fused-ring (bicyclic) bond motifs is 2. The molecular weight excluding hydrogens is 480 g/mol. The van der Waals surface area contributed by atoms with Crippen LogP contribution >= 0.6 is 11.6 Å². The van der Waals surface area contributed by atoms with E-state index in [0.717, 1.165) is 95.4 Å². The third-order valence-electron chi connectivity index (χ3n) is 8.90.